The molecule has 4 aromatic heterocycles. The average Bonchev–Trinajstić information content (AvgIpc) is 0.877. The number of anilines is 8. The smallest absolute Gasteiger partial charge is 0.252 e. The minimum atomic E-state index is -0.0875. The second-order valence-electron chi connectivity index (χ2n) is 30.1. The van der Waals surface area contributed by atoms with Crippen molar-refractivity contribution in [2.24, 2.45) is 0 Å². The van der Waals surface area contributed by atoms with Gasteiger partial charge in [-0.05, 0) is 228 Å². The summed E-state index contributed by atoms with van der Waals surface area (Å²) in [6.45, 7) is 11.3. The van der Waals surface area contributed by atoms with E-state index in [9.17, 15) is 0 Å². The fourth-order valence-corrected chi connectivity index (χ4v) is 17.3. The first-order valence-corrected chi connectivity index (χ1v) is 40.4. The molecule has 2 aliphatic heterocycles. The Morgan fingerprint density at radius 1 is 0.339 bits per heavy atom. The first-order chi connectivity index (χ1) is 58.1. The van der Waals surface area contributed by atoms with Gasteiger partial charge in [0.2, 0.25) is 11.8 Å². The molecular formula is C104H82BClN10O2. The fraction of sp³-hybridized carbons (Fsp3) is 0.0769. The summed E-state index contributed by atoms with van der Waals surface area (Å²) in [4.78, 5) is 28.9. The monoisotopic (exact) mass is 1550 g/mol. The molecule has 0 bridgehead atoms. The lowest BCUT2D eigenvalue weighted by Crippen LogP contribution is -2.62. The summed E-state index contributed by atoms with van der Waals surface area (Å²) >= 11 is 7.63. The van der Waals surface area contributed by atoms with Gasteiger partial charge in [-0.3, -0.25) is 9.13 Å². The summed E-state index contributed by atoms with van der Waals surface area (Å²) in [7, 11) is 0. The van der Waals surface area contributed by atoms with Crippen LogP contribution in [0.15, 0.2) is 376 Å². The van der Waals surface area contributed by atoms with Crippen LogP contribution in [0.5, 0.6) is 23.3 Å². The van der Waals surface area contributed by atoms with E-state index in [1.54, 1.807) is 12.4 Å². The number of fused-ring (bicyclic) bond motifs is 6. The number of halogens is 1. The number of ether oxygens (including phenoxy) is 2. The maximum Gasteiger partial charge on any atom is 0.252 e. The zero-order chi connectivity index (χ0) is 79.6. The van der Waals surface area contributed by atoms with Crippen LogP contribution in [0.3, 0.4) is 0 Å². The van der Waals surface area contributed by atoms with E-state index in [0.29, 0.717) is 35.6 Å². The Kier molecular flexibility index (Phi) is 20.2. The molecule has 0 aliphatic carbocycles. The Morgan fingerprint density at radius 3 is 1.21 bits per heavy atom. The largest absolute Gasteiger partial charge is 0.439 e. The number of para-hydroxylation sites is 6. The second-order valence-corrected chi connectivity index (χ2v) is 30.5. The molecule has 0 spiro atoms. The van der Waals surface area contributed by atoms with Gasteiger partial charge in [0.15, 0.2) is 0 Å². The lowest BCUT2D eigenvalue weighted by molar-refractivity contribution is 0.463. The van der Waals surface area contributed by atoms with E-state index in [4.69, 9.17) is 31.0 Å². The van der Waals surface area contributed by atoms with Crippen LogP contribution >= 0.6 is 11.6 Å². The molecule has 0 amide bonds. The molecule has 6 heterocycles. The average molecular weight is 1550 g/mol. The Labute approximate surface area is 693 Å². The predicted molar refractivity (Wildman–Crippen MR) is 485 cm³/mol. The van der Waals surface area contributed by atoms with E-state index in [2.05, 4.69) is 364 Å². The maximum atomic E-state index is 7.63. The van der Waals surface area contributed by atoms with Gasteiger partial charge in [-0.15, -0.1) is 0 Å². The van der Waals surface area contributed by atoms with Crippen LogP contribution in [0.4, 0.5) is 45.5 Å². The molecule has 0 atom stereocenters. The van der Waals surface area contributed by atoms with E-state index < -0.39 is 0 Å². The van der Waals surface area contributed by atoms with Crippen LogP contribution in [-0.2, 0) is 26.2 Å². The Bertz CT molecular complexity index is 6600. The Hall–Kier alpha value is -14.5. The first-order valence-electron chi connectivity index (χ1n) is 40.0. The molecule has 14 aromatic carbocycles. The van der Waals surface area contributed by atoms with Crippen molar-refractivity contribution in [3.05, 3.63) is 426 Å². The lowest BCUT2D eigenvalue weighted by atomic mass is 9.33. The van der Waals surface area contributed by atoms with Crippen molar-refractivity contribution in [1.29, 1.82) is 0 Å². The van der Waals surface area contributed by atoms with Gasteiger partial charge in [0.25, 0.3) is 6.71 Å². The van der Waals surface area contributed by atoms with Gasteiger partial charge in [-0.2, -0.15) is 0 Å². The van der Waals surface area contributed by atoms with Gasteiger partial charge in [-0.25, -0.2) is 19.9 Å². The number of hydrogen-bond donors (Lipinski definition) is 0. The minimum absolute atomic E-state index is 0.0875. The van der Waals surface area contributed by atoms with E-state index in [1.165, 1.54) is 78.1 Å². The van der Waals surface area contributed by atoms with Crippen molar-refractivity contribution < 1.29 is 9.47 Å². The zero-order valence-electron chi connectivity index (χ0n) is 65.9. The summed E-state index contributed by atoms with van der Waals surface area (Å²) in [6, 6.07) is 127. The van der Waals surface area contributed by atoms with Crippen LogP contribution in [0, 0.1) is 27.7 Å². The van der Waals surface area contributed by atoms with Crippen LogP contribution in [0.25, 0.3) is 56.2 Å². The Morgan fingerprint density at radius 2 is 0.729 bits per heavy atom. The number of aryl methyl sites for hydroxylation is 4. The second kappa shape index (κ2) is 32.4. The summed E-state index contributed by atoms with van der Waals surface area (Å²) in [5.41, 5.74) is 30.4. The van der Waals surface area contributed by atoms with Gasteiger partial charge in [0.05, 0.1) is 49.8 Å². The summed E-state index contributed by atoms with van der Waals surface area (Å²) in [5, 5.41) is 0.647. The highest BCUT2D eigenvalue weighted by Crippen LogP contribution is 2.46. The molecule has 0 N–H and O–H groups in total. The van der Waals surface area contributed by atoms with Crippen molar-refractivity contribution in [3.63, 3.8) is 0 Å². The molecule has 14 heteroatoms. The van der Waals surface area contributed by atoms with Gasteiger partial charge < -0.3 is 29.1 Å². The van der Waals surface area contributed by atoms with Crippen LogP contribution in [0.2, 0.25) is 5.02 Å². The zero-order valence-corrected chi connectivity index (χ0v) is 66.6. The van der Waals surface area contributed by atoms with Crippen LogP contribution in [0.1, 0.15) is 44.5 Å². The molecule has 0 unspecified atom stereocenters. The summed E-state index contributed by atoms with van der Waals surface area (Å²) < 4.78 is 17.2. The molecule has 20 rings (SSSR count). The molecule has 118 heavy (non-hydrogen) atoms. The number of benzene rings is 14. The molecule has 0 saturated carbocycles. The fourth-order valence-electron chi connectivity index (χ4n) is 17.0. The highest BCUT2D eigenvalue weighted by molar-refractivity contribution is 7.00. The van der Waals surface area contributed by atoms with Gasteiger partial charge in [0, 0.05) is 96.0 Å². The normalized spacial score (nSPS) is 11.9. The SMILES string of the molecule is Cc1cccc(C)c1-n1c(-c2ccc(N(Cc3ccccc3)c3cccc(N(Cc4ccccc4)c4ccc(Oc5ccccn5)cc4)c3Cl)cc2)nc2ccccc21.Cc1cccc(C)c1-n1c(-c2ccc3c(c2)B2c4cc(Oc5ccccn5)ccc4N(Cc4ccccc4)c4cccc(c42)N3Cc2ccccc2)nc2ccccc21. The van der Waals surface area contributed by atoms with Crippen LogP contribution in [-0.4, -0.2) is 35.8 Å². The lowest BCUT2D eigenvalue weighted by Gasteiger charge is -2.44. The third-order valence-electron chi connectivity index (χ3n) is 22.4. The van der Waals surface area contributed by atoms with E-state index in [-0.39, 0.29) is 6.71 Å². The molecular weight excluding hydrogens is 1470 g/mol. The van der Waals surface area contributed by atoms with E-state index >= 15 is 0 Å². The van der Waals surface area contributed by atoms with Crippen molar-refractivity contribution in [1.82, 2.24) is 29.1 Å². The first kappa shape index (κ1) is 73.6. The van der Waals surface area contributed by atoms with E-state index in [1.807, 2.05) is 66.7 Å². The molecule has 0 saturated heterocycles. The topological polar surface area (TPSA) is 92.8 Å². The van der Waals surface area contributed by atoms with Crippen LogP contribution < -0.4 is 45.5 Å². The minimum Gasteiger partial charge on any atom is -0.439 e. The number of pyridine rings is 2. The van der Waals surface area contributed by atoms with Gasteiger partial charge >= 0.3 is 0 Å². The van der Waals surface area contributed by atoms with Gasteiger partial charge in [-0.1, -0.05) is 224 Å². The molecule has 0 radical (unpaired) electrons. The Balaban J connectivity index is 0.000000157. The maximum absolute atomic E-state index is 7.63. The summed E-state index contributed by atoms with van der Waals surface area (Å²) in [6.07, 6.45) is 3.49. The van der Waals surface area contributed by atoms with Crippen molar-refractivity contribution >= 4 is 102 Å². The molecule has 12 nitrogen and oxygen atoms in total. The number of rotatable bonds is 20. The molecule has 2 aliphatic rings. The third-order valence-corrected chi connectivity index (χ3v) is 22.8. The predicted octanol–water partition coefficient (Wildman–Crippen LogP) is 24.1. The van der Waals surface area contributed by atoms with Crippen molar-refractivity contribution in [2.45, 2.75) is 53.9 Å². The number of imidazole rings is 2. The van der Waals surface area contributed by atoms with Gasteiger partial charge in [0.1, 0.15) is 23.1 Å². The standard InChI is InChI=1S/C52H40BN5O.C52H42ClN5O/c1-35-15-13-16-36(2)51(35)58-46-22-10-9-21-43(46)55-52(58)39-26-28-44-41(31-39)53-42-32-40(59-49-25-11-12-30-54-49)27-29-45(42)57(34-38-19-7-4-8-20-38)48-24-14-23-47(50(48)53)56(44)33-37-17-5-3-6-18-37;1-37-15-13-16-38(2)51(37)58-46-22-10-9-21-45(46)55-52(58)41-26-28-42(29-27-41)56(35-39-17-5-3-6-18-39)47-23-14-24-48(50(47)53)57(36-40-19-7-4-8-20-40)43-30-32-44(33-31-43)59-49-25-11-12-34-54-49/h3-32H,33-34H2,1-2H3;3-34H,35-36H2,1-2H3. The molecule has 570 valence electrons. The highest BCUT2D eigenvalue weighted by atomic mass is 35.5. The number of hydrogen-bond acceptors (Lipinski definition) is 10. The highest BCUT2D eigenvalue weighted by Gasteiger charge is 2.43. The number of aromatic nitrogens is 6. The molecule has 0 fully saturated rings. The third kappa shape index (κ3) is 14.5. The molecule has 18 aromatic rings. The van der Waals surface area contributed by atoms with Crippen molar-refractivity contribution in [3.8, 4) is 57.4 Å². The number of nitrogens with zero attached hydrogens (tertiary/aromatic N) is 10. The van der Waals surface area contributed by atoms with Crippen molar-refractivity contribution in [2.75, 3.05) is 19.6 Å². The quantitative estimate of drug-likeness (QED) is 0.0687. The summed E-state index contributed by atoms with van der Waals surface area (Å²) in [5.74, 6) is 4.39. The van der Waals surface area contributed by atoms with E-state index in [0.717, 1.165) is 103 Å².